The van der Waals surface area contributed by atoms with Crippen molar-refractivity contribution in [3.63, 3.8) is 0 Å². The van der Waals surface area contributed by atoms with Gasteiger partial charge in [0.2, 0.25) is 5.91 Å². The van der Waals surface area contributed by atoms with E-state index in [1.807, 2.05) is 0 Å². The number of hydrogen-bond donors (Lipinski definition) is 3. The zero-order valence-electron chi connectivity index (χ0n) is 17.9. The minimum absolute atomic E-state index is 0.123. The first kappa shape index (κ1) is 25.2. The maximum absolute atomic E-state index is 13.2. The zero-order chi connectivity index (χ0) is 24.1. The molecule has 9 nitrogen and oxygen atoms in total. The molecule has 3 rings (SSSR count). The fraction of sp³-hybridized carbons (Fsp3) is 0.318. The molecule has 0 spiro atoms. The molecular formula is C22H23ClIN3O6. The maximum Gasteiger partial charge on any atom is 0.325 e. The molecule has 1 heterocycles. The van der Waals surface area contributed by atoms with E-state index in [0.717, 1.165) is 8.47 Å². The molecule has 2 aromatic rings. The number of ether oxygens (including phenoxy) is 2. The summed E-state index contributed by atoms with van der Waals surface area (Å²) < 4.78 is 11.5. The minimum Gasteiger partial charge on any atom is -0.491 e. The Labute approximate surface area is 209 Å². The van der Waals surface area contributed by atoms with Crippen LogP contribution in [0, 0.1) is 3.57 Å². The van der Waals surface area contributed by atoms with Crippen molar-refractivity contribution in [2.75, 3.05) is 25.6 Å². The van der Waals surface area contributed by atoms with Gasteiger partial charge in [0.15, 0.2) is 0 Å². The molecule has 0 radical (unpaired) electrons. The lowest BCUT2D eigenvalue weighted by Gasteiger charge is -2.28. The first-order valence-electron chi connectivity index (χ1n) is 10.0. The van der Waals surface area contributed by atoms with Crippen LogP contribution in [0.1, 0.15) is 18.5 Å². The SMILES string of the molecule is COC(C)C(C(=O)Nc1ccc(I)cc1Cl)N1C(=O)N[C@H](c2ccc(OCCO)cc2)C1=O. The number of benzene rings is 2. The summed E-state index contributed by atoms with van der Waals surface area (Å²) in [5.74, 6) is -0.674. The average Bonchev–Trinajstić information content (AvgIpc) is 3.08. The fourth-order valence-electron chi connectivity index (χ4n) is 3.37. The Kier molecular flexibility index (Phi) is 8.51. The molecule has 2 unspecified atom stereocenters. The summed E-state index contributed by atoms with van der Waals surface area (Å²) in [6, 6.07) is 8.74. The third kappa shape index (κ3) is 5.75. The molecule has 1 fully saturated rings. The number of aliphatic hydroxyl groups excluding tert-OH is 1. The highest BCUT2D eigenvalue weighted by molar-refractivity contribution is 14.1. The monoisotopic (exact) mass is 587 g/mol. The van der Waals surface area contributed by atoms with Gasteiger partial charge >= 0.3 is 6.03 Å². The molecule has 1 aliphatic rings. The molecule has 1 saturated heterocycles. The molecular weight excluding hydrogens is 565 g/mol. The van der Waals surface area contributed by atoms with Crippen LogP contribution < -0.4 is 15.4 Å². The highest BCUT2D eigenvalue weighted by Gasteiger charge is 2.47. The number of anilines is 1. The molecule has 0 bridgehead atoms. The summed E-state index contributed by atoms with van der Waals surface area (Å²) in [4.78, 5) is 40.0. The van der Waals surface area contributed by atoms with Crippen molar-refractivity contribution in [2.24, 2.45) is 0 Å². The summed E-state index contributed by atoms with van der Waals surface area (Å²) in [5, 5.41) is 14.5. The van der Waals surface area contributed by atoms with Crippen LogP contribution >= 0.6 is 34.2 Å². The number of methoxy groups -OCH3 is 1. The first-order valence-corrected chi connectivity index (χ1v) is 11.5. The molecule has 4 amide bonds. The number of nitrogens with zero attached hydrogens (tertiary/aromatic N) is 1. The molecule has 3 atom stereocenters. The van der Waals surface area contributed by atoms with E-state index < -0.39 is 36.0 Å². The maximum atomic E-state index is 13.2. The van der Waals surface area contributed by atoms with Crippen molar-refractivity contribution in [3.05, 3.63) is 56.6 Å². The summed E-state index contributed by atoms with van der Waals surface area (Å²) in [5.41, 5.74) is 0.884. The second-order valence-electron chi connectivity index (χ2n) is 7.23. The Bertz CT molecular complexity index is 1040. The van der Waals surface area contributed by atoms with Gasteiger partial charge in [-0.2, -0.15) is 0 Å². The summed E-state index contributed by atoms with van der Waals surface area (Å²) in [6.07, 6.45) is -0.782. The van der Waals surface area contributed by atoms with E-state index in [0.29, 0.717) is 22.0 Å². The van der Waals surface area contributed by atoms with E-state index in [1.165, 1.54) is 7.11 Å². The van der Waals surface area contributed by atoms with Crippen LogP contribution in [0.4, 0.5) is 10.5 Å². The number of urea groups is 1. The van der Waals surface area contributed by atoms with E-state index in [-0.39, 0.29) is 13.2 Å². The van der Waals surface area contributed by atoms with Gasteiger partial charge in [0.05, 0.1) is 23.4 Å². The van der Waals surface area contributed by atoms with Crippen LogP contribution in [0.5, 0.6) is 5.75 Å². The van der Waals surface area contributed by atoms with Gasteiger partial charge in [0, 0.05) is 10.7 Å². The minimum atomic E-state index is -1.23. The lowest BCUT2D eigenvalue weighted by atomic mass is 10.0. The highest BCUT2D eigenvalue weighted by atomic mass is 127. The zero-order valence-corrected chi connectivity index (χ0v) is 20.8. The summed E-state index contributed by atoms with van der Waals surface area (Å²) >= 11 is 8.32. The number of hydrogen-bond acceptors (Lipinski definition) is 6. The normalized spacial score (nSPS) is 17.5. The van der Waals surface area contributed by atoms with Gasteiger partial charge in [-0.25, -0.2) is 9.69 Å². The number of aliphatic hydroxyl groups is 1. The third-order valence-electron chi connectivity index (χ3n) is 5.10. The van der Waals surface area contributed by atoms with E-state index >= 15 is 0 Å². The van der Waals surface area contributed by atoms with Gasteiger partial charge in [-0.1, -0.05) is 23.7 Å². The van der Waals surface area contributed by atoms with Gasteiger partial charge in [0.1, 0.15) is 24.4 Å². The van der Waals surface area contributed by atoms with Gasteiger partial charge in [-0.05, 0) is 65.4 Å². The topological polar surface area (TPSA) is 117 Å². The second-order valence-corrected chi connectivity index (χ2v) is 8.88. The van der Waals surface area contributed by atoms with Crippen LogP contribution in [0.15, 0.2) is 42.5 Å². The third-order valence-corrected chi connectivity index (χ3v) is 6.08. The van der Waals surface area contributed by atoms with Crippen molar-refractivity contribution in [1.29, 1.82) is 0 Å². The number of carbonyl (C=O) groups is 3. The van der Waals surface area contributed by atoms with Gasteiger partial charge < -0.3 is 25.2 Å². The van der Waals surface area contributed by atoms with Crippen LogP contribution in [0.3, 0.4) is 0 Å². The predicted molar refractivity (Wildman–Crippen MR) is 130 cm³/mol. The molecule has 0 aromatic heterocycles. The second kappa shape index (κ2) is 11.1. The van der Waals surface area contributed by atoms with E-state index in [9.17, 15) is 14.4 Å². The molecule has 176 valence electrons. The highest BCUT2D eigenvalue weighted by Crippen LogP contribution is 2.29. The molecule has 0 saturated carbocycles. The Morgan fingerprint density at radius 3 is 2.58 bits per heavy atom. The number of halogens is 2. The Hall–Kier alpha value is -2.41. The Balaban J connectivity index is 1.83. The molecule has 33 heavy (non-hydrogen) atoms. The number of imide groups is 1. The van der Waals surface area contributed by atoms with Crippen molar-refractivity contribution >= 4 is 57.7 Å². The van der Waals surface area contributed by atoms with Crippen LogP contribution in [-0.2, 0) is 14.3 Å². The first-order chi connectivity index (χ1) is 15.8. The number of rotatable bonds is 9. The van der Waals surface area contributed by atoms with Gasteiger partial charge in [-0.15, -0.1) is 0 Å². The lowest BCUT2D eigenvalue weighted by molar-refractivity contribution is -0.137. The van der Waals surface area contributed by atoms with Crippen molar-refractivity contribution < 1.29 is 29.0 Å². The number of carbonyl (C=O) groups excluding carboxylic acids is 3. The van der Waals surface area contributed by atoms with Gasteiger partial charge in [0.25, 0.3) is 5.91 Å². The molecule has 3 N–H and O–H groups in total. The number of nitrogens with one attached hydrogen (secondary N) is 2. The lowest BCUT2D eigenvalue weighted by Crippen LogP contribution is -2.53. The predicted octanol–water partition coefficient (Wildman–Crippen LogP) is 2.95. The molecule has 2 aromatic carbocycles. The summed E-state index contributed by atoms with van der Waals surface area (Å²) in [6.45, 7) is 1.62. The van der Waals surface area contributed by atoms with Crippen LogP contribution in [0.25, 0.3) is 0 Å². The van der Waals surface area contributed by atoms with E-state index in [4.69, 9.17) is 26.2 Å². The van der Waals surface area contributed by atoms with E-state index in [2.05, 4.69) is 33.2 Å². The Morgan fingerprint density at radius 1 is 1.27 bits per heavy atom. The van der Waals surface area contributed by atoms with Crippen molar-refractivity contribution in [3.8, 4) is 5.75 Å². The molecule has 0 aliphatic carbocycles. The smallest absolute Gasteiger partial charge is 0.325 e. The van der Waals surface area contributed by atoms with Crippen LogP contribution in [-0.4, -0.2) is 60.3 Å². The molecule has 11 heteroatoms. The quantitative estimate of drug-likeness (QED) is 0.307. The summed E-state index contributed by atoms with van der Waals surface area (Å²) in [7, 11) is 1.39. The van der Waals surface area contributed by atoms with Gasteiger partial charge in [-0.3, -0.25) is 9.59 Å². The standard InChI is InChI=1S/C22H23ClIN3O6/c1-12(32-2)19(20(29)25-17-8-5-14(24)11-16(17)23)27-21(30)18(26-22(27)31)13-3-6-15(7-4-13)33-10-9-28/h3-8,11-12,18-19,28H,9-10H2,1-2H3,(H,25,29)(H,26,31)/t12?,18-,19?/m1/s1. The van der Waals surface area contributed by atoms with Crippen LogP contribution in [0.2, 0.25) is 5.02 Å². The van der Waals surface area contributed by atoms with Crippen molar-refractivity contribution in [1.82, 2.24) is 10.2 Å². The largest absolute Gasteiger partial charge is 0.491 e. The van der Waals surface area contributed by atoms with Crippen molar-refractivity contribution in [2.45, 2.75) is 25.1 Å². The molecule has 1 aliphatic heterocycles. The Morgan fingerprint density at radius 2 is 1.97 bits per heavy atom. The fourth-order valence-corrected chi connectivity index (χ4v) is 4.27. The van der Waals surface area contributed by atoms with E-state index in [1.54, 1.807) is 49.4 Å². The number of amides is 4. The average molecular weight is 588 g/mol.